The fourth-order valence-corrected chi connectivity index (χ4v) is 5.32. The highest BCUT2D eigenvalue weighted by Gasteiger charge is 2.32. The Labute approximate surface area is 168 Å². The predicted octanol–water partition coefficient (Wildman–Crippen LogP) is 4.06. The Kier molecular flexibility index (Phi) is 4.17. The molecule has 0 bridgehead atoms. The van der Waals surface area contributed by atoms with Gasteiger partial charge in [0.15, 0.2) is 5.13 Å². The molecule has 0 amide bonds. The number of thiazole rings is 1. The largest absolute Gasteiger partial charge is 0.487 e. The number of hydrogen-bond acceptors (Lipinski definition) is 6. The van der Waals surface area contributed by atoms with E-state index in [4.69, 9.17) is 9.72 Å². The number of fused-ring (bicyclic) bond motifs is 3. The SMILES string of the molecule is CN(c1nc2c(s1)-c1ccc(-c3cn[nH]c3)cc1OC2)C1CCNC(C)(C)C1. The molecule has 1 atom stereocenters. The van der Waals surface area contributed by atoms with Crippen LogP contribution in [0.1, 0.15) is 32.4 Å². The maximum atomic E-state index is 6.05. The number of piperidine rings is 1. The van der Waals surface area contributed by atoms with E-state index in [1.54, 1.807) is 11.3 Å². The summed E-state index contributed by atoms with van der Waals surface area (Å²) >= 11 is 1.78. The number of hydrogen-bond donors (Lipinski definition) is 2. The minimum absolute atomic E-state index is 0.174. The number of rotatable bonds is 3. The van der Waals surface area contributed by atoms with E-state index in [1.807, 2.05) is 12.4 Å². The summed E-state index contributed by atoms with van der Waals surface area (Å²) in [7, 11) is 2.18. The number of nitrogens with one attached hydrogen (secondary N) is 2. The Hall–Kier alpha value is -2.38. The van der Waals surface area contributed by atoms with Crippen LogP contribution in [-0.4, -0.2) is 40.4 Å². The van der Waals surface area contributed by atoms with Crippen LogP contribution >= 0.6 is 11.3 Å². The van der Waals surface area contributed by atoms with Gasteiger partial charge in [-0.3, -0.25) is 5.10 Å². The quantitative estimate of drug-likeness (QED) is 0.700. The van der Waals surface area contributed by atoms with Crippen molar-refractivity contribution in [3.8, 4) is 27.3 Å². The first-order valence-electron chi connectivity index (χ1n) is 9.74. The second-order valence-electron chi connectivity index (χ2n) is 8.33. The summed E-state index contributed by atoms with van der Waals surface area (Å²) in [4.78, 5) is 8.53. The van der Waals surface area contributed by atoms with Crippen LogP contribution in [-0.2, 0) is 6.61 Å². The van der Waals surface area contributed by atoms with Gasteiger partial charge in [-0.25, -0.2) is 4.98 Å². The Morgan fingerprint density at radius 2 is 2.18 bits per heavy atom. The third kappa shape index (κ3) is 3.08. The average Bonchev–Trinajstić information content (AvgIpc) is 3.36. The standard InChI is InChI=1S/C21H25N5OS/c1-21(2)9-15(6-7-22-21)26(3)20-25-17-12-27-18-8-13(14-10-23-24-11-14)4-5-16(18)19(17)28-20/h4-5,8,10-11,15,22H,6-7,9,12H2,1-3H3,(H,23,24). The zero-order chi connectivity index (χ0) is 19.3. The summed E-state index contributed by atoms with van der Waals surface area (Å²) in [5, 5.41) is 11.6. The van der Waals surface area contributed by atoms with Crippen molar-refractivity contribution in [2.24, 2.45) is 0 Å². The number of aromatic nitrogens is 3. The molecule has 7 heteroatoms. The molecule has 0 aliphatic carbocycles. The summed E-state index contributed by atoms with van der Waals surface area (Å²) in [6.07, 6.45) is 5.99. The summed E-state index contributed by atoms with van der Waals surface area (Å²) < 4.78 is 6.05. The molecule has 28 heavy (non-hydrogen) atoms. The molecule has 0 saturated carbocycles. The molecule has 1 fully saturated rings. The summed E-state index contributed by atoms with van der Waals surface area (Å²) in [6, 6.07) is 6.88. The first-order valence-corrected chi connectivity index (χ1v) is 10.6. The maximum Gasteiger partial charge on any atom is 0.186 e. The molecule has 2 aliphatic heterocycles. The molecular weight excluding hydrogens is 370 g/mol. The second-order valence-corrected chi connectivity index (χ2v) is 9.30. The maximum absolute atomic E-state index is 6.05. The average molecular weight is 396 g/mol. The van der Waals surface area contributed by atoms with Gasteiger partial charge >= 0.3 is 0 Å². The van der Waals surface area contributed by atoms with E-state index in [0.717, 1.165) is 52.7 Å². The zero-order valence-electron chi connectivity index (χ0n) is 16.5. The highest BCUT2D eigenvalue weighted by Crippen LogP contribution is 2.45. The molecule has 2 aliphatic rings. The van der Waals surface area contributed by atoms with Gasteiger partial charge in [-0.2, -0.15) is 5.10 Å². The highest BCUT2D eigenvalue weighted by atomic mass is 32.1. The van der Waals surface area contributed by atoms with Crippen molar-refractivity contribution in [1.82, 2.24) is 20.5 Å². The van der Waals surface area contributed by atoms with Crippen LogP contribution in [0, 0.1) is 0 Å². The topological polar surface area (TPSA) is 66.1 Å². The van der Waals surface area contributed by atoms with Gasteiger partial charge in [-0.1, -0.05) is 17.4 Å². The molecule has 2 aromatic heterocycles. The van der Waals surface area contributed by atoms with Gasteiger partial charge < -0.3 is 15.0 Å². The van der Waals surface area contributed by atoms with E-state index < -0.39 is 0 Å². The van der Waals surface area contributed by atoms with Crippen LogP contribution < -0.4 is 15.0 Å². The lowest BCUT2D eigenvalue weighted by Crippen LogP contribution is -2.52. The molecule has 0 radical (unpaired) electrons. The van der Waals surface area contributed by atoms with Crippen molar-refractivity contribution in [3.63, 3.8) is 0 Å². The Bertz CT molecular complexity index is 994. The van der Waals surface area contributed by atoms with Gasteiger partial charge in [0.1, 0.15) is 12.4 Å². The van der Waals surface area contributed by atoms with Crippen LogP contribution in [0.2, 0.25) is 0 Å². The third-order valence-corrected chi connectivity index (χ3v) is 7.01. The molecule has 0 spiro atoms. The normalized spacial score (nSPS) is 20.2. The van der Waals surface area contributed by atoms with Crippen molar-refractivity contribution in [1.29, 1.82) is 0 Å². The van der Waals surface area contributed by atoms with Crippen LogP contribution in [0.4, 0.5) is 5.13 Å². The fourth-order valence-electron chi connectivity index (χ4n) is 4.19. The van der Waals surface area contributed by atoms with Gasteiger partial charge in [0.25, 0.3) is 0 Å². The molecule has 4 heterocycles. The van der Waals surface area contributed by atoms with Crippen molar-refractivity contribution < 1.29 is 4.74 Å². The first-order chi connectivity index (χ1) is 13.5. The Morgan fingerprint density at radius 3 is 2.96 bits per heavy atom. The molecule has 6 nitrogen and oxygen atoms in total. The van der Waals surface area contributed by atoms with Gasteiger partial charge in [-0.15, -0.1) is 0 Å². The summed E-state index contributed by atoms with van der Waals surface area (Å²) in [5.41, 5.74) is 4.53. The van der Waals surface area contributed by atoms with E-state index in [0.29, 0.717) is 12.6 Å². The van der Waals surface area contributed by atoms with Gasteiger partial charge in [0.05, 0.1) is 16.8 Å². The Morgan fingerprint density at radius 1 is 1.29 bits per heavy atom. The van der Waals surface area contributed by atoms with E-state index in [2.05, 4.69) is 59.5 Å². The smallest absolute Gasteiger partial charge is 0.186 e. The molecular formula is C21H25N5OS. The number of anilines is 1. The zero-order valence-corrected chi connectivity index (χ0v) is 17.3. The lowest BCUT2D eigenvalue weighted by molar-refractivity contribution is 0.271. The van der Waals surface area contributed by atoms with Crippen molar-refractivity contribution in [3.05, 3.63) is 36.3 Å². The molecule has 1 unspecified atom stereocenters. The van der Waals surface area contributed by atoms with Gasteiger partial charge in [0, 0.05) is 36.0 Å². The third-order valence-electron chi connectivity index (χ3n) is 5.78. The molecule has 1 aromatic carbocycles. The van der Waals surface area contributed by atoms with Crippen molar-refractivity contribution in [2.75, 3.05) is 18.5 Å². The summed E-state index contributed by atoms with van der Waals surface area (Å²) in [6.45, 7) is 6.14. The highest BCUT2D eigenvalue weighted by molar-refractivity contribution is 7.19. The molecule has 2 N–H and O–H groups in total. The molecule has 5 rings (SSSR count). The lowest BCUT2D eigenvalue weighted by Gasteiger charge is -2.40. The second kappa shape index (κ2) is 6.60. The molecule has 146 valence electrons. The number of ether oxygens (including phenoxy) is 1. The number of nitrogens with zero attached hydrogens (tertiary/aromatic N) is 3. The van der Waals surface area contributed by atoms with Crippen molar-refractivity contribution in [2.45, 2.75) is 44.9 Å². The minimum Gasteiger partial charge on any atom is -0.487 e. The lowest BCUT2D eigenvalue weighted by atomic mass is 9.89. The predicted molar refractivity (Wildman–Crippen MR) is 113 cm³/mol. The Balaban J connectivity index is 1.45. The molecule has 1 saturated heterocycles. The number of H-pyrrole nitrogens is 1. The van der Waals surface area contributed by atoms with Crippen LogP contribution in [0.15, 0.2) is 30.6 Å². The van der Waals surface area contributed by atoms with Crippen molar-refractivity contribution >= 4 is 16.5 Å². The van der Waals surface area contributed by atoms with Gasteiger partial charge in [-0.05, 0) is 50.9 Å². The number of aromatic amines is 1. The molecule has 3 aromatic rings. The fraction of sp³-hybridized carbons (Fsp3) is 0.429. The minimum atomic E-state index is 0.174. The van der Waals surface area contributed by atoms with E-state index in [-0.39, 0.29) is 5.54 Å². The summed E-state index contributed by atoms with van der Waals surface area (Å²) in [5.74, 6) is 0.923. The van der Waals surface area contributed by atoms with E-state index in [1.165, 1.54) is 4.88 Å². The van der Waals surface area contributed by atoms with Crippen LogP contribution in [0.5, 0.6) is 5.75 Å². The number of benzene rings is 1. The monoisotopic (exact) mass is 395 g/mol. The van der Waals surface area contributed by atoms with Gasteiger partial charge in [0.2, 0.25) is 0 Å². The van der Waals surface area contributed by atoms with Crippen LogP contribution in [0.25, 0.3) is 21.6 Å². The first kappa shape index (κ1) is 17.7. The van der Waals surface area contributed by atoms with Crippen LogP contribution in [0.3, 0.4) is 0 Å². The van der Waals surface area contributed by atoms with E-state index in [9.17, 15) is 0 Å². The van der Waals surface area contributed by atoms with E-state index >= 15 is 0 Å².